The van der Waals surface area contributed by atoms with E-state index in [1.807, 2.05) is 13.8 Å². The average molecular weight is 983 g/mol. The molecular formula is C43H74N12O14. The number of aliphatic carboxylic acids is 2. The Bertz CT molecular complexity index is 1850. The zero-order chi connectivity index (χ0) is 52.7. The number of unbranched alkanes of at least 4 members (excludes halogenated alkanes) is 1. The third kappa shape index (κ3) is 22.5. The minimum atomic E-state index is -2.00. The Kier molecular flexibility index (Phi) is 26.5. The third-order valence-corrected chi connectivity index (χ3v) is 10.8. The Morgan fingerprint density at radius 1 is 0.623 bits per heavy atom. The second-order valence-corrected chi connectivity index (χ2v) is 18.3. The van der Waals surface area contributed by atoms with Gasteiger partial charge in [0.2, 0.25) is 59.1 Å². The quantitative estimate of drug-likeness (QED) is 0.0285. The molecular weight excluding hydrogens is 909 g/mol. The summed E-state index contributed by atoms with van der Waals surface area (Å²) in [6, 6.07) is -11.2. The standard InChI is InChI=1S/C43H74N12O14/c1-21(2)16-24(45)42(67)55-15-9-11-30(55)40(65)48-20-33(58)49-25(12-13-31(46)56)36(61)53-29(19-34(59)60)38(63)52-28(18-32(47)57)37(62)51-27(17-22(3)4)39(64)54-35(23(5)6)41(66)50-26(43(68)69)10-7-8-14-44/h21-30,35H,7-20,44-45H2,1-6H3,(H2,46,56)(H2,47,57)(H,48,65)(H,49,58)(H,50,66)(H,51,62)(H,52,63)(H,53,61)(H,54,64)(H,59,60)(H,68,69)/t24-,25-,26-,27-,28-,29-,30-,35-/m0/s1. The van der Waals surface area contributed by atoms with Gasteiger partial charge in [-0.25, -0.2) is 4.79 Å². The molecule has 69 heavy (non-hydrogen) atoms. The molecule has 0 aromatic heterocycles. The first-order valence-electron chi connectivity index (χ1n) is 23.0. The molecule has 26 nitrogen and oxygen atoms in total. The molecule has 0 aromatic rings. The minimum absolute atomic E-state index is 0.0519. The molecule has 0 aliphatic carbocycles. The number of carboxylic acid groups (broad SMARTS) is 2. The third-order valence-electron chi connectivity index (χ3n) is 10.8. The van der Waals surface area contributed by atoms with Crippen LogP contribution in [0.25, 0.3) is 0 Å². The molecule has 0 radical (unpaired) electrons. The van der Waals surface area contributed by atoms with Crippen LogP contribution in [-0.4, -0.2) is 154 Å². The lowest BCUT2D eigenvalue weighted by Gasteiger charge is -2.28. The lowest BCUT2D eigenvalue weighted by molar-refractivity contribution is -0.143. The van der Waals surface area contributed by atoms with E-state index >= 15 is 0 Å². The first-order valence-corrected chi connectivity index (χ1v) is 23.0. The van der Waals surface area contributed by atoms with Gasteiger partial charge in [0.15, 0.2) is 0 Å². The molecule has 0 bridgehead atoms. The van der Waals surface area contributed by atoms with Crippen molar-refractivity contribution in [2.45, 2.75) is 161 Å². The number of rotatable bonds is 32. The molecule has 0 unspecified atom stereocenters. The highest BCUT2D eigenvalue weighted by Gasteiger charge is 2.38. The van der Waals surface area contributed by atoms with E-state index in [4.69, 9.17) is 22.9 Å². The maximum Gasteiger partial charge on any atom is 0.326 e. The number of primary amides is 2. The van der Waals surface area contributed by atoms with Gasteiger partial charge in [0.1, 0.15) is 42.3 Å². The van der Waals surface area contributed by atoms with Crippen LogP contribution in [0.2, 0.25) is 0 Å². The van der Waals surface area contributed by atoms with Gasteiger partial charge in [0.05, 0.1) is 25.4 Å². The second-order valence-electron chi connectivity index (χ2n) is 18.3. The van der Waals surface area contributed by atoms with E-state index in [0.717, 1.165) is 0 Å². The summed E-state index contributed by atoms with van der Waals surface area (Å²) in [6.45, 7) is 10.2. The predicted molar refractivity (Wildman–Crippen MR) is 246 cm³/mol. The highest BCUT2D eigenvalue weighted by molar-refractivity contribution is 5.99. The topological polar surface area (TPSA) is 437 Å². The largest absolute Gasteiger partial charge is 0.481 e. The summed E-state index contributed by atoms with van der Waals surface area (Å²) in [5, 5.41) is 35.7. The van der Waals surface area contributed by atoms with Crippen LogP contribution in [0, 0.1) is 17.8 Å². The maximum atomic E-state index is 13.8. The van der Waals surface area contributed by atoms with Gasteiger partial charge in [0.25, 0.3) is 0 Å². The first kappa shape index (κ1) is 60.6. The number of nitrogens with one attached hydrogen (secondary N) is 7. The van der Waals surface area contributed by atoms with Crippen LogP contribution >= 0.6 is 0 Å². The van der Waals surface area contributed by atoms with Gasteiger partial charge in [-0.1, -0.05) is 41.5 Å². The van der Waals surface area contributed by atoms with Gasteiger partial charge in [-0.2, -0.15) is 0 Å². The summed E-state index contributed by atoms with van der Waals surface area (Å²) in [7, 11) is 0. The van der Waals surface area contributed by atoms with E-state index in [-0.39, 0.29) is 31.2 Å². The SMILES string of the molecule is CC(C)C[C@H](NC(=O)[C@H](CC(N)=O)NC(=O)[C@H](CC(=O)O)NC(=O)[C@H](CCC(N)=O)NC(=O)CNC(=O)[C@@H]1CCCN1C(=O)[C@@H](N)CC(C)C)C(=O)N[C@H](C(=O)N[C@@H](CCCCN)C(=O)O)C(C)C. The van der Waals surface area contributed by atoms with Gasteiger partial charge >= 0.3 is 11.9 Å². The summed E-state index contributed by atoms with van der Waals surface area (Å²) in [6.07, 6.45) is -0.817. The van der Waals surface area contributed by atoms with Crippen molar-refractivity contribution in [3.8, 4) is 0 Å². The lowest BCUT2D eigenvalue weighted by atomic mass is 9.99. The number of carbonyl (C=O) groups is 12. The maximum absolute atomic E-state index is 13.8. The molecule has 1 saturated heterocycles. The number of nitrogens with zero attached hydrogens (tertiary/aromatic N) is 1. The van der Waals surface area contributed by atoms with E-state index < -0.39 is 157 Å². The van der Waals surface area contributed by atoms with Crippen LogP contribution in [0.4, 0.5) is 0 Å². The molecule has 0 aromatic carbocycles. The highest BCUT2D eigenvalue weighted by Crippen LogP contribution is 2.20. The smallest absolute Gasteiger partial charge is 0.326 e. The van der Waals surface area contributed by atoms with Gasteiger partial charge < -0.3 is 75.3 Å². The fourth-order valence-electron chi connectivity index (χ4n) is 7.33. The summed E-state index contributed by atoms with van der Waals surface area (Å²) in [5.41, 5.74) is 22.2. The fraction of sp³-hybridized carbons (Fsp3) is 0.721. The molecule has 8 atom stereocenters. The van der Waals surface area contributed by atoms with Crippen molar-refractivity contribution < 1.29 is 67.7 Å². The van der Waals surface area contributed by atoms with Crippen LogP contribution in [0.1, 0.15) is 112 Å². The minimum Gasteiger partial charge on any atom is -0.481 e. The van der Waals surface area contributed by atoms with E-state index in [1.54, 1.807) is 27.7 Å². The number of hydrogen-bond donors (Lipinski definition) is 13. The zero-order valence-corrected chi connectivity index (χ0v) is 40.3. The van der Waals surface area contributed by atoms with E-state index in [9.17, 15) is 67.7 Å². The Morgan fingerprint density at radius 2 is 1.16 bits per heavy atom. The van der Waals surface area contributed by atoms with Crippen molar-refractivity contribution in [3.05, 3.63) is 0 Å². The van der Waals surface area contributed by atoms with Gasteiger partial charge in [-0.15, -0.1) is 0 Å². The number of carboxylic acids is 2. The molecule has 10 amide bonds. The Morgan fingerprint density at radius 3 is 1.67 bits per heavy atom. The van der Waals surface area contributed by atoms with Gasteiger partial charge in [-0.05, 0) is 75.7 Å². The molecule has 0 spiro atoms. The van der Waals surface area contributed by atoms with Crippen molar-refractivity contribution in [2.24, 2.45) is 40.7 Å². The molecule has 1 heterocycles. The first-order chi connectivity index (χ1) is 32.2. The molecule has 1 aliphatic heterocycles. The number of amides is 10. The lowest BCUT2D eigenvalue weighted by Crippen LogP contribution is -2.61. The van der Waals surface area contributed by atoms with Crippen LogP contribution in [0.5, 0.6) is 0 Å². The molecule has 26 heteroatoms. The second kappa shape index (κ2) is 30.1. The number of nitrogens with two attached hydrogens (primary N) is 4. The highest BCUT2D eigenvalue weighted by atomic mass is 16.4. The summed E-state index contributed by atoms with van der Waals surface area (Å²) in [4.78, 5) is 156. The van der Waals surface area contributed by atoms with E-state index in [1.165, 1.54) is 4.90 Å². The monoisotopic (exact) mass is 983 g/mol. The Balaban J connectivity index is 3.26. The Hall–Kier alpha value is -6.44. The van der Waals surface area contributed by atoms with Crippen LogP contribution in [0.3, 0.4) is 0 Å². The molecule has 390 valence electrons. The predicted octanol–water partition coefficient (Wildman–Crippen LogP) is -4.09. The van der Waals surface area contributed by atoms with Gasteiger partial charge in [-0.3, -0.25) is 52.7 Å². The van der Waals surface area contributed by atoms with Crippen molar-refractivity contribution >= 4 is 71.0 Å². The van der Waals surface area contributed by atoms with Crippen molar-refractivity contribution in [1.82, 2.24) is 42.1 Å². The number of carbonyl (C=O) groups excluding carboxylic acids is 10. The summed E-state index contributed by atoms with van der Waals surface area (Å²) in [5.74, 6) is -13.1. The van der Waals surface area contributed by atoms with Crippen LogP contribution in [0.15, 0.2) is 0 Å². The van der Waals surface area contributed by atoms with Crippen LogP contribution in [-0.2, 0) is 57.5 Å². The molecule has 1 rings (SSSR count). The summed E-state index contributed by atoms with van der Waals surface area (Å²) >= 11 is 0. The molecule has 1 fully saturated rings. The van der Waals surface area contributed by atoms with E-state index in [2.05, 4.69) is 37.2 Å². The summed E-state index contributed by atoms with van der Waals surface area (Å²) < 4.78 is 0. The normalized spacial score (nSPS) is 16.4. The fourth-order valence-corrected chi connectivity index (χ4v) is 7.33. The zero-order valence-electron chi connectivity index (χ0n) is 40.3. The van der Waals surface area contributed by atoms with Crippen LogP contribution < -0.4 is 60.2 Å². The van der Waals surface area contributed by atoms with E-state index in [0.29, 0.717) is 38.6 Å². The van der Waals surface area contributed by atoms with Crippen molar-refractivity contribution in [3.63, 3.8) is 0 Å². The molecule has 17 N–H and O–H groups in total. The van der Waals surface area contributed by atoms with Gasteiger partial charge in [0, 0.05) is 13.0 Å². The molecule has 0 saturated carbocycles. The Labute approximate surface area is 401 Å². The molecule has 1 aliphatic rings. The average Bonchev–Trinajstić information content (AvgIpc) is 3.74. The number of likely N-dealkylation sites (tertiary alicyclic amines) is 1. The van der Waals surface area contributed by atoms with Crippen molar-refractivity contribution in [2.75, 3.05) is 19.6 Å². The van der Waals surface area contributed by atoms with Crippen molar-refractivity contribution in [1.29, 1.82) is 0 Å². The number of hydrogen-bond acceptors (Lipinski definition) is 14.